The summed E-state index contributed by atoms with van der Waals surface area (Å²) in [5, 5.41) is 5.93. The van der Waals surface area contributed by atoms with Crippen LogP contribution in [0.15, 0.2) is 24.3 Å². The Kier molecular flexibility index (Phi) is 5.18. The van der Waals surface area contributed by atoms with E-state index in [1.807, 2.05) is 0 Å². The van der Waals surface area contributed by atoms with Crippen molar-refractivity contribution in [3.05, 3.63) is 29.3 Å². The largest absolute Gasteiger partial charge is 0.344 e. The molecule has 1 heterocycles. The summed E-state index contributed by atoms with van der Waals surface area (Å²) in [5.41, 5.74) is 0.525. The van der Waals surface area contributed by atoms with Crippen molar-refractivity contribution in [2.45, 2.75) is 44.2 Å². The van der Waals surface area contributed by atoms with Crippen molar-refractivity contribution in [1.82, 2.24) is 10.2 Å². The first-order valence-corrected chi connectivity index (χ1v) is 8.61. The Morgan fingerprint density at radius 2 is 1.91 bits per heavy atom. The van der Waals surface area contributed by atoms with Gasteiger partial charge < -0.3 is 10.6 Å². The quantitative estimate of drug-likeness (QED) is 0.834. The van der Waals surface area contributed by atoms with Crippen LogP contribution in [0.1, 0.15) is 32.1 Å². The monoisotopic (exact) mass is 335 g/mol. The normalized spacial score (nSPS) is 22.2. The van der Waals surface area contributed by atoms with Crippen LogP contribution in [0, 0.1) is 0 Å². The molecule has 124 valence electrons. The fourth-order valence-corrected chi connectivity index (χ4v) is 3.70. The van der Waals surface area contributed by atoms with Crippen molar-refractivity contribution in [1.29, 1.82) is 0 Å². The molecule has 23 heavy (non-hydrogen) atoms. The van der Waals surface area contributed by atoms with Gasteiger partial charge in [-0.25, -0.2) is 0 Å². The minimum absolute atomic E-state index is 0.0632. The van der Waals surface area contributed by atoms with E-state index >= 15 is 0 Å². The third-order valence-electron chi connectivity index (χ3n) is 4.68. The van der Waals surface area contributed by atoms with Gasteiger partial charge in [0.15, 0.2) is 0 Å². The summed E-state index contributed by atoms with van der Waals surface area (Å²) in [6.07, 6.45) is 6.04. The first-order valence-electron chi connectivity index (χ1n) is 8.23. The molecule has 1 aromatic carbocycles. The molecule has 6 heteroatoms. The van der Waals surface area contributed by atoms with Crippen LogP contribution in [0.25, 0.3) is 0 Å². The maximum atomic E-state index is 12.0. The Balaban J connectivity index is 1.48. The highest BCUT2D eigenvalue weighted by Crippen LogP contribution is 2.26. The van der Waals surface area contributed by atoms with Crippen LogP contribution in [0.2, 0.25) is 5.02 Å². The second-order valence-electron chi connectivity index (χ2n) is 6.36. The second-order valence-corrected chi connectivity index (χ2v) is 6.79. The predicted octanol–water partition coefficient (Wildman–Crippen LogP) is 2.41. The summed E-state index contributed by atoms with van der Waals surface area (Å²) in [4.78, 5) is 26.5. The van der Waals surface area contributed by atoms with E-state index in [-0.39, 0.29) is 6.04 Å². The molecule has 0 radical (unpaired) electrons. The van der Waals surface area contributed by atoms with Crippen LogP contribution in [0.5, 0.6) is 0 Å². The number of rotatable bonds is 3. The molecule has 0 spiro atoms. The van der Waals surface area contributed by atoms with Gasteiger partial charge >= 0.3 is 11.8 Å². The maximum Gasteiger partial charge on any atom is 0.313 e. The van der Waals surface area contributed by atoms with E-state index in [2.05, 4.69) is 15.5 Å². The molecule has 2 aliphatic rings. The molecule has 1 saturated heterocycles. The average Bonchev–Trinajstić information content (AvgIpc) is 3.17. The van der Waals surface area contributed by atoms with E-state index in [9.17, 15) is 9.59 Å². The lowest BCUT2D eigenvalue weighted by molar-refractivity contribution is -0.136. The van der Waals surface area contributed by atoms with Gasteiger partial charge in [0.2, 0.25) is 0 Å². The predicted molar refractivity (Wildman–Crippen MR) is 90.5 cm³/mol. The van der Waals surface area contributed by atoms with Crippen LogP contribution < -0.4 is 10.6 Å². The van der Waals surface area contributed by atoms with Gasteiger partial charge in [0.1, 0.15) is 0 Å². The fraction of sp³-hybridized carbons (Fsp3) is 0.529. The highest BCUT2D eigenvalue weighted by molar-refractivity contribution is 6.40. The van der Waals surface area contributed by atoms with Gasteiger partial charge in [-0.05, 0) is 37.5 Å². The molecule has 2 N–H and O–H groups in total. The zero-order chi connectivity index (χ0) is 16.2. The molecular formula is C17H22ClN3O2. The fourth-order valence-electron chi connectivity index (χ4n) is 3.51. The number of halogens is 1. The van der Waals surface area contributed by atoms with E-state index in [1.165, 1.54) is 25.7 Å². The van der Waals surface area contributed by atoms with Crippen LogP contribution in [0.4, 0.5) is 5.69 Å². The molecule has 1 aliphatic carbocycles. The minimum atomic E-state index is -0.647. The molecule has 1 unspecified atom stereocenters. The van der Waals surface area contributed by atoms with Crippen LogP contribution >= 0.6 is 11.6 Å². The average molecular weight is 336 g/mol. The van der Waals surface area contributed by atoms with Crippen molar-refractivity contribution in [3.63, 3.8) is 0 Å². The highest BCUT2D eigenvalue weighted by atomic mass is 35.5. The molecule has 3 rings (SSSR count). The van der Waals surface area contributed by atoms with Gasteiger partial charge in [0.25, 0.3) is 0 Å². The van der Waals surface area contributed by atoms with E-state index < -0.39 is 11.8 Å². The van der Waals surface area contributed by atoms with Gasteiger partial charge in [-0.15, -0.1) is 0 Å². The first kappa shape index (κ1) is 16.3. The lowest BCUT2D eigenvalue weighted by Crippen LogP contribution is -2.43. The third-order valence-corrected chi connectivity index (χ3v) is 4.92. The summed E-state index contributed by atoms with van der Waals surface area (Å²) >= 11 is 5.87. The molecule has 2 fully saturated rings. The van der Waals surface area contributed by atoms with Gasteiger partial charge in [0, 0.05) is 35.9 Å². The number of carbonyl (C=O) groups excluding carboxylic acids is 2. The number of hydrogen-bond acceptors (Lipinski definition) is 3. The Bertz CT molecular complexity index is 587. The Morgan fingerprint density at radius 1 is 1.13 bits per heavy atom. The van der Waals surface area contributed by atoms with Crippen LogP contribution in [-0.4, -0.2) is 41.9 Å². The zero-order valence-corrected chi connectivity index (χ0v) is 13.8. The van der Waals surface area contributed by atoms with E-state index in [4.69, 9.17) is 11.6 Å². The molecular weight excluding hydrogens is 314 g/mol. The van der Waals surface area contributed by atoms with Crippen molar-refractivity contribution in [2.75, 3.05) is 18.4 Å². The molecule has 1 saturated carbocycles. The number of amides is 2. The Hall–Kier alpha value is -1.59. The number of nitrogens with zero attached hydrogens (tertiary/aromatic N) is 1. The van der Waals surface area contributed by atoms with Gasteiger partial charge in [-0.2, -0.15) is 0 Å². The zero-order valence-electron chi connectivity index (χ0n) is 13.1. The number of carbonyl (C=O) groups is 2. The highest BCUT2D eigenvalue weighted by Gasteiger charge is 2.31. The van der Waals surface area contributed by atoms with E-state index in [0.717, 1.165) is 19.5 Å². The van der Waals surface area contributed by atoms with E-state index in [1.54, 1.807) is 24.3 Å². The van der Waals surface area contributed by atoms with Crippen molar-refractivity contribution in [2.24, 2.45) is 0 Å². The summed E-state index contributed by atoms with van der Waals surface area (Å²) in [7, 11) is 0. The minimum Gasteiger partial charge on any atom is -0.344 e. The summed E-state index contributed by atoms with van der Waals surface area (Å²) in [6, 6.07) is 7.49. The van der Waals surface area contributed by atoms with Crippen molar-refractivity contribution < 1.29 is 9.59 Å². The maximum absolute atomic E-state index is 12.0. The number of benzene rings is 1. The van der Waals surface area contributed by atoms with Gasteiger partial charge in [0.05, 0.1) is 0 Å². The van der Waals surface area contributed by atoms with Crippen LogP contribution in [0.3, 0.4) is 0 Å². The Labute approximate surface area is 141 Å². The smallest absolute Gasteiger partial charge is 0.313 e. The molecule has 0 aromatic heterocycles. The molecule has 5 nitrogen and oxygen atoms in total. The first-order chi connectivity index (χ1) is 11.1. The van der Waals surface area contributed by atoms with Crippen molar-refractivity contribution in [3.8, 4) is 0 Å². The topological polar surface area (TPSA) is 61.4 Å². The van der Waals surface area contributed by atoms with Crippen LogP contribution in [-0.2, 0) is 9.59 Å². The van der Waals surface area contributed by atoms with Crippen molar-refractivity contribution >= 4 is 29.1 Å². The third kappa shape index (κ3) is 4.24. The SMILES string of the molecule is O=C(Nc1cccc(Cl)c1)C(=O)NC1CCN(C2CCCC2)C1. The lowest BCUT2D eigenvalue weighted by Gasteiger charge is -2.23. The van der Waals surface area contributed by atoms with Gasteiger partial charge in [-0.3, -0.25) is 14.5 Å². The second kappa shape index (κ2) is 7.32. The summed E-state index contributed by atoms with van der Waals surface area (Å²) < 4.78 is 0. The molecule has 2 amide bonds. The molecule has 1 atom stereocenters. The summed E-state index contributed by atoms with van der Waals surface area (Å²) in [5.74, 6) is -1.23. The molecule has 1 aromatic rings. The number of anilines is 1. The summed E-state index contributed by atoms with van der Waals surface area (Å²) in [6.45, 7) is 1.85. The standard InChI is InChI=1S/C17H22ClN3O2/c18-12-4-3-5-13(10-12)19-16(22)17(23)20-14-8-9-21(11-14)15-6-1-2-7-15/h3-5,10,14-15H,1-2,6-9,11H2,(H,19,22)(H,20,23). The number of nitrogens with one attached hydrogen (secondary N) is 2. The lowest BCUT2D eigenvalue weighted by atomic mass is 10.2. The van der Waals surface area contributed by atoms with E-state index in [0.29, 0.717) is 16.8 Å². The number of likely N-dealkylation sites (tertiary alicyclic amines) is 1. The molecule has 1 aliphatic heterocycles. The molecule has 0 bridgehead atoms. The van der Waals surface area contributed by atoms with Gasteiger partial charge in [-0.1, -0.05) is 30.5 Å². The Morgan fingerprint density at radius 3 is 2.65 bits per heavy atom. The number of hydrogen-bond donors (Lipinski definition) is 2.